The summed E-state index contributed by atoms with van der Waals surface area (Å²) in [6, 6.07) is 4.94. The molecule has 3 heteroatoms. The standard InChI is InChI=1S/C14H20FNO/c1-5-16-14(8-10(2)3)12-7-6-11(17-4)9-13(12)15/h6-7,9,14,16H,2,5,8H2,1,3-4H3. The highest BCUT2D eigenvalue weighted by Crippen LogP contribution is 2.25. The first-order chi connectivity index (χ1) is 8.08. The average molecular weight is 237 g/mol. The molecule has 1 aromatic carbocycles. The van der Waals surface area contributed by atoms with Gasteiger partial charge in [-0.05, 0) is 26.0 Å². The summed E-state index contributed by atoms with van der Waals surface area (Å²) in [6.45, 7) is 8.63. The minimum atomic E-state index is -0.239. The predicted octanol–water partition coefficient (Wildman–Crippen LogP) is 3.45. The zero-order chi connectivity index (χ0) is 12.8. The smallest absolute Gasteiger partial charge is 0.131 e. The van der Waals surface area contributed by atoms with Gasteiger partial charge in [0, 0.05) is 17.7 Å². The van der Waals surface area contributed by atoms with Crippen LogP contribution in [0.25, 0.3) is 0 Å². The minimum absolute atomic E-state index is 0.0246. The molecule has 0 spiro atoms. The minimum Gasteiger partial charge on any atom is -0.497 e. The maximum absolute atomic E-state index is 13.9. The number of benzene rings is 1. The van der Waals surface area contributed by atoms with E-state index in [-0.39, 0.29) is 11.9 Å². The van der Waals surface area contributed by atoms with Gasteiger partial charge >= 0.3 is 0 Å². The molecular weight excluding hydrogens is 217 g/mol. The third-order valence-corrected chi connectivity index (χ3v) is 2.59. The Kier molecular flexibility index (Phi) is 5.16. The van der Waals surface area contributed by atoms with Gasteiger partial charge in [-0.3, -0.25) is 0 Å². The molecule has 0 bridgehead atoms. The van der Waals surface area contributed by atoms with E-state index in [9.17, 15) is 4.39 Å². The van der Waals surface area contributed by atoms with Gasteiger partial charge < -0.3 is 10.1 Å². The molecule has 17 heavy (non-hydrogen) atoms. The number of rotatable bonds is 6. The van der Waals surface area contributed by atoms with Crippen LogP contribution in [0.15, 0.2) is 30.4 Å². The second-order valence-corrected chi connectivity index (χ2v) is 4.16. The number of nitrogens with one attached hydrogen (secondary N) is 1. The molecule has 0 aliphatic rings. The number of methoxy groups -OCH3 is 1. The van der Waals surface area contributed by atoms with Gasteiger partial charge in [-0.15, -0.1) is 6.58 Å². The second kappa shape index (κ2) is 6.40. The monoisotopic (exact) mass is 237 g/mol. The highest BCUT2D eigenvalue weighted by Gasteiger charge is 2.15. The first-order valence-corrected chi connectivity index (χ1v) is 5.79. The molecule has 0 aliphatic heterocycles. The molecule has 2 nitrogen and oxygen atoms in total. The predicted molar refractivity (Wildman–Crippen MR) is 68.8 cm³/mol. The van der Waals surface area contributed by atoms with Crippen LogP contribution in [0.4, 0.5) is 4.39 Å². The molecule has 1 N–H and O–H groups in total. The summed E-state index contributed by atoms with van der Waals surface area (Å²) in [5.41, 5.74) is 1.70. The molecule has 0 saturated heterocycles. The van der Waals surface area contributed by atoms with Crippen molar-refractivity contribution in [2.45, 2.75) is 26.3 Å². The summed E-state index contributed by atoms with van der Waals surface area (Å²) in [6.07, 6.45) is 0.733. The summed E-state index contributed by atoms with van der Waals surface area (Å²) in [7, 11) is 1.53. The van der Waals surface area contributed by atoms with Crippen molar-refractivity contribution in [3.8, 4) is 5.75 Å². The van der Waals surface area contributed by atoms with Gasteiger partial charge in [-0.25, -0.2) is 4.39 Å². The van der Waals surface area contributed by atoms with E-state index >= 15 is 0 Å². The van der Waals surface area contributed by atoms with Crippen molar-refractivity contribution in [3.05, 3.63) is 41.7 Å². The van der Waals surface area contributed by atoms with Gasteiger partial charge in [0.25, 0.3) is 0 Å². The maximum atomic E-state index is 13.9. The Bertz CT molecular complexity index is 390. The summed E-state index contributed by atoms with van der Waals surface area (Å²) < 4.78 is 18.9. The number of ether oxygens (including phenoxy) is 1. The molecule has 0 amide bonds. The fraction of sp³-hybridized carbons (Fsp3) is 0.429. The highest BCUT2D eigenvalue weighted by atomic mass is 19.1. The Labute approximate surface area is 102 Å². The zero-order valence-electron chi connectivity index (χ0n) is 10.7. The molecule has 0 aliphatic carbocycles. The Morgan fingerprint density at radius 3 is 2.71 bits per heavy atom. The Hall–Kier alpha value is -1.35. The fourth-order valence-electron chi connectivity index (χ4n) is 1.80. The lowest BCUT2D eigenvalue weighted by Crippen LogP contribution is -2.22. The van der Waals surface area contributed by atoms with Crippen molar-refractivity contribution in [3.63, 3.8) is 0 Å². The van der Waals surface area contributed by atoms with Crippen LogP contribution in [0.1, 0.15) is 31.9 Å². The molecule has 0 radical (unpaired) electrons. The van der Waals surface area contributed by atoms with Crippen molar-refractivity contribution in [2.24, 2.45) is 0 Å². The van der Waals surface area contributed by atoms with E-state index in [0.717, 1.165) is 18.5 Å². The van der Waals surface area contributed by atoms with Crippen LogP contribution >= 0.6 is 0 Å². The van der Waals surface area contributed by atoms with Crippen LogP contribution in [0.2, 0.25) is 0 Å². The van der Waals surface area contributed by atoms with Crippen molar-refractivity contribution in [1.29, 1.82) is 0 Å². The van der Waals surface area contributed by atoms with Gasteiger partial charge in [-0.1, -0.05) is 18.6 Å². The second-order valence-electron chi connectivity index (χ2n) is 4.16. The lowest BCUT2D eigenvalue weighted by atomic mass is 9.99. The third kappa shape index (κ3) is 3.86. The molecule has 1 aromatic rings. The van der Waals surface area contributed by atoms with Gasteiger partial charge in [0.15, 0.2) is 0 Å². The Morgan fingerprint density at radius 2 is 2.24 bits per heavy atom. The van der Waals surface area contributed by atoms with E-state index in [4.69, 9.17) is 4.74 Å². The molecule has 1 rings (SSSR count). The largest absolute Gasteiger partial charge is 0.497 e. The van der Waals surface area contributed by atoms with Crippen LogP contribution < -0.4 is 10.1 Å². The average Bonchev–Trinajstić information content (AvgIpc) is 2.27. The SMILES string of the molecule is C=C(C)CC(NCC)c1ccc(OC)cc1F. The normalized spacial score (nSPS) is 12.2. The molecule has 0 fully saturated rings. The Morgan fingerprint density at radius 1 is 1.53 bits per heavy atom. The Balaban J connectivity index is 2.96. The fourth-order valence-corrected chi connectivity index (χ4v) is 1.80. The molecule has 1 unspecified atom stereocenters. The lowest BCUT2D eigenvalue weighted by Gasteiger charge is -2.19. The van der Waals surface area contributed by atoms with Gasteiger partial charge in [0.1, 0.15) is 11.6 Å². The van der Waals surface area contributed by atoms with Gasteiger partial charge in [0.05, 0.1) is 7.11 Å². The van der Waals surface area contributed by atoms with Crippen LogP contribution in [-0.2, 0) is 0 Å². The van der Waals surface area contributed by atoms with E-state index < -0.39 is 0 Å². The number of hydrogen-bond donors (Lipinski definition) is 1. The summed E-state index contributed by atoms with van der Waals surface area (Å²) in [5, 5.41) is 3.27. The number of hydrogen-bond acceptors (Lipinski definition) is 2. The molecule has 0 aromatic heterocycles. The van der Waals surface area contributed by atoms with Crippen LogP contribution in [0.3, 0.4) is 0 Å². The molecule has 0 saturated carbocycles. The molecule has 0 heterocycles. The van der Waals surface area contributed by atoms with E-state index in [1.165, 1.54) is 13.2 Å². The summed E-state index contributed by atoms with van der Waals surface area (Å²) in [5.74, 6) is 0.299. The molecule has 1 atom stereocenters. The van der Waals surface area contributed by atoms with E-state index in [2.05, 4.69) is 11.9 Å². The maximum Gasteiger partial charge on any atom is 0.131 e. The van der Waals surface area contributed by atoms with Crippen LogP contribution in [0, 0.1) is 5.82 Å². The van der Waals surface area contributed by atoms with E-state index in [1.807, 2.05) is 13.8 Å². The summed E-state index contributed by atoms with van der Waals surface area (Å²) >= 11 is 0. The molecular formula is C14H20FNO. The molecule has 94 valence electrons. The van der Waals surface area contributed by atoms with Crippen molar-refractivity contribution >= 4 is 0 Å². The lowest BCUT2D eigenvalue weighted by molar-refractivity contribution is 0.409. The topological polar surface area (TPSA) is 21.3 Å². The van der Waals surface area contributed by atoms with E-state index in [0.29, 0.717) is 11.3 Å². The first kappa shape index (κ1) is 13.7. The zero-order valence-corrected chi connectivity index (χ0v) is 10.7. The highest BCUT2D eigenvalue weighted by molar-refractivity contribution is 5.31. The van der Waals surface area contributed by atoms with Crippen LogP contribution in [-0.4, -0.2) is 13.7 Å². The van der Waals surface area contributed by atoms with E-state index in [1.54, 1.807) is 12.1 Å². The number of halogens is 1. The van der Waals surface area contributed by atoms with Gasteiger partial charge in [0.2, 0.25) is 0 Å². The van der Waals surface area contributed by atoms with Crippen molar-refractivity contribution in [1.82, 2.24) is 5.32 Å². The van der Waals surface area contributed by atoms with Crippen molar-refractivity contribution in [2.75, 3.05) is 13.7 Å². The third-order valence-electron chi connectivity index (χ3n) is 2.59. The first-order valence-electron chi connectivity index (χ1n) is 5.79. The quantitative estimate of drug-likeness (QED) is 0.765. The van der Waals surface area contributed by atoms with Gasteiger partial charge in [-0.2, -0.15) is 0 Å². The summed E-state index contributed by atoms with van der Waals surface area (Å²) in [4.78, 5) is 0. The van der Waals surface area contributed by atoms with Crippen LogP contribution in [0.5, 0.6) is 5.75 Å². The van der Waals surface area contributed by atoms with Crippen molar-refractivity contribution < 1.29 is 9.13 Å².